The van der Waals surface area contributed by atoms with Crippen LogP contribution in [0.15, 0.2) is 24.3 Å². The molecule has 16 heavy (non-hydrogen) atoms. The maximum absolute atomic E-state index is 3.52. The van der Waals surface area contributed by atoms with E-state index in [-0.39, 0.29) is 0 Å². The molecule has 2 aliphatic rings. The molecule has 1 aromatic rings. The Hall–Kier alpha value is -1.08. The number of fused-ring (bicyclic) bond motifs is 2. The van der Waals surface area contributed by atoms with Crippen LogP contribution in [0.25, 0.3) is 6.08 Å². The van der Waals surface area contributed by atoms with E-state index in [1.54, 1.807) is 0 Å². The summed E-state index contributed by atoms with van der Waals surface area (Å²) in [6.45, 7) is 4.54. The van der Waals surface area contributed by atoms with E-state index >= 15 is 0 Å². The van der Waals surface area contributed by atoms with Gasteiger partial charge in [0.2, 0.25) is 0 Å². The zero-order valence-electron chi connectivity index (χ0n) is 9.87. The number of hydrogen-bond acceptors (Lipinski definition) is 1. The second-order valence-corrected chi connectivity index (χ2v) is 5.18. The molecule has 1 nitrogen and oxygen atoms in total. The normalized spacial score (nSPS) is 28.1. The van der Waals surface area contributed by atoms with Gasteiger partial charge in [0, 0.05) is 0 Å². The highest BCUT2D eigenvalue weighted by molar-refractivity contribution is 5.56. The predicted molar refractivity (Wildman–Crippen MR) is 68.4 cm³/mol. The zero-order chi connectivity index (χ0) is 11.0. The number of allylic oxidation sites excluding steroid dienone is 1. The van der Waals surface area contributed by atoms with Gasteiger partial charge in [0.25, 0.3) is 0 Å². The van der Waals surface area contributed by atoms with E-state index in [1.165, 1.54) is 42.6 Å². The summed E-state index contributed by atoms with van der Waals surface area (Å²) in [5.74, 6) is 1.59. The molecule has 1 heterocycles. The third-order valence-electron chi connectivity index (χ3n) is 3.97. The Kier molecular flexibility index (Phi) is 2.56. The lowest BCUT2D eigenvalue weighted by molar-refractivity contribution is 0.303. The van der Waals surface area contributed by atoms with Gasteiger partial charge in [-0.3, -0.25) is 0 Å². The molecule has 0 spiro atoms. The molecule has 1 heteroatoms. The molecule has 1 saturated heterocycles. The maximum Gasteiger partial charge on any atom is -0.00117 e. The zero-order valence-corrected chi connectivity index (χ0v) is 9.87. The Balaban J connectivity index is 1.96. The fourth-order valence-electron chi connectivity index (χ4n) is 2.99. The van der Waals surface area contributed by atoms with E-state index in [0.29, 0.717) is 0 Å². The van der Waals surface area contributed by atoms with Crippen molar-refractivity contribution in [1.82, 2.24) is 5.32 Å². The molecular formula is C15H19N. The lowest BCUT2D eigenvalue weighted by Gasteiger charge is -2.29. The van der Waals surface area contributed by atoms with E-state index in [9.17, 15) is 0 Å². The van der Waals surface area contributed by atoms with Crippen molar-refractivity contribution in [2.45, 2.75) is 19.8 Å². The topological polar surface area (TPSA) is 12.0 Å². The first-order valence-corrected chi connectivity index (χ1v) is 6.31. The van der Waals surface area contributed by atoms with Gasteiger partial charge < -0.3 is 5.32 Å². The number of hydrogen-bond donors (Lipinski definition) is 1. The Morgan fingerprint density at radius 3 is 3.19 bits per heavy atom. The van der Waals surface area contributed by atoms with Crippen LogP contribution < -0.4 is 5.32 Å². The van der Waals surface area contributed by atoms with Crippen molar-refractivity contribution in [3.8, 4) is 0 Å². The van der Waals surface area contributed by atoms with Crippen molar-refractivity contribution in [3.63, 3.8) is 0 Å². The van der Waals surface area contributed by atoms with Crippen LogP contribution >= 0.6 is 0 Å². The van der Waals surface area contributed by atoms with Gasteiger partial charge in [-0.15, -0.1) is 0 Å². The molecule has 0 radical (unpaired) electrons. The van der Waals surface area contributed by atoms with Gasteiger partial charge in [-0.25, -0.2) is 0 Å². The first-order valence-electron chi connectivity index (χ1n) is 6.31. The van der Waals surface area contributed by atoms with Crippen LogP contribution in [0.5, 0.6) is 0 Å². The van der Waals surface area contributed by atoms with E-state index in [4.69, 9.17) is 0 Å². The van der Waals surface area contributed by atoms with Crippen LogP contribution in [-0.4, -0.2) is 13.1 Å². The van der Waals surface area contributed by atoms with Gasteiger partial charge in [0.1, 0.15) is 0 Å². The Bertz CT molecular complexity index is 419. The minimum absolute atomic E-state index is 0.786. The van der Waals surface area contributed by atoms with Crippen LogP contribution in [0.3, 0.4) is 0 Å². The van der Waals surface area contributed by atoms with Crippen LogP contribution in [0.1, 0.15) is 23.1 Å². The average Bonchev–Trinajstić information content (AvgIpc) is 2.48. The van der Waals surface area contributed by atoms with Gasteiger partial charge in [-0.2, -0.15) is 0 Å². The number of benzene rings is 1. The number of piperidine rings is 1. The van der Waals surface area contributed by atoms with Gasteiger partial charge in [-0.1, -0.05) is 35.9 Å². The Morgan fingerprint density at radius 2 is 2.25 bits per heavy atom. The minimum Gasteiger partial charge on any atom is -0.316 e. The summed E-state index contributed by atoms with van der Waals surface area (Å²) >= 11 is 0. The highest BCUT2D eigenvalue weighted by atomic mass is 14.9. The molecular weight excluding hydrogens is 194 g/mol. The molecule has 0 amide bonds. The third kappa shape index (κ3) is 1.80. The number of rotatable bonds is 0. The third-order valence-corrected chi connectivity index (χ3v) is 3.97. The highest BCUT2D eigenvalue weighted by Crippen LogP contribution is 2.30. The molecule has 1 aliphatic carbocycles. The van der Waals surface area contributed by atoms with Crippen molar-refractivity contribution in [3.05, 3.63) is 41.0 Å². The quantitative estimate of drug-likeness (QED) is 0.699. The predicted octanol–water partition coefficient (Wildman–Crippen LogP) is 2.79. The van der Waals surface area contributed by atoms with Crippen LogP contribution in [0.2, 0.25) is 0 Å². The highest BCUT2D eigenvalue weighted by Gasteiger charge is 2.25. The second-order valence-electron chi connectivity index (χ2n) is 5.18. The molecule has 1 aromatic carbocycles. The van der Waals surface area contributed by atoms with Crippen LogP contribution in [-0.2, 0) is 6.42 Å². The summed E-state index contributed by atoms with van der Waals surface area (Å²) in [6, 6.07) is 6.87. The maximum atomic E-state index is 3.52. The standard InChI is InChI=1S/C15H19N/c1-11-2-3-14-9-15-10-16-7-6-12(15)4-5-13(14)8-11/h2-5,8,12,15-16H,6-7,9-10H2,1H3/t12-,15-/m1/s1. The van der Waals surface area contributed by atoms with E-state index < -0.39 is 0 Å². The summed E-state index contributed by atoms with van der Waals surface area (Å²) in [7, 11) is 0. The lowest BCUT2D eigenvalue weighted by atomic mass is 9.83. The van der Waals surface area contributed by atoms with E-state index in [2.05, 4.69) is 42.6 Å². The molecule has 0 unspecified atom stereocenters. The molecule has 0 saturated carbocycles. The SMILES string of the molecule is Cc1ccc2c(c1)C=C[C@@H]1CCNC[C@H]1C2. The summed E-state index contributed by atoms with van der Waals surface area (Å²) in [6.07, 6.45) is 7.32. The molecule has 84 valence electrons. The molecule has 1 N–H and O–H groups in total. The van der Waals surface area contributed by atoms with Crippen LogP contribution in [0.4, 0.5) is 0 Å². The molecule has 0 bridgehead atoms. The van der Waals surface area contributed by atoms with E-state index in [0.717, 1.165) is 11.8 Å². The Morgan fingerprint density at radius 1 is 1.31 bits per heavy atom. The summed E-state index contributed by atoms with van der Waals surface area (Å²) in [5.41, 5.74) is 4.33. The fourth-order valence-corrected chi connectivity index (χ4v) is 2.99. The monoisotopic (exact) mass is 213 g/mol. The van der Waals surface area contributed by atoms with Crippen molar-refractivity contribution in [2.75, 3.05) is 13.1 Å². The molecule has 0 aromatic heterocycles. The van der Waals surface area contributed by atoms with Crippen molar-refractivity contribution in [1.29, 1.82) is 0 Å². The molecule has 3 rings (SSSR count). The van der Waals surface area contributed by atoms with Gasteiger partial charge in [-0.05, 0) is 55.8 Å². The Labute approximate surface area is 97.6 Å². The smallest absolute Gasteiger partial charge is 0.00117 e. The van der Waals surface area contributed by atoms with Gasteiger partial charge >= 0.3 is 0 Å². The second kappa shape index (κ2) is 4.06. The molecule has 2 atom stereocenters. The molecule has 1 fully saturated rings. The lowest BCUT2D eigenvalue weighted by Crippen LogP contribution is -2.36. The fraction of sp³-hybridized carbons (Fsp3) is 0.467. The van der Waals surface area contributed by atoms with Crippen molar-refractivity contribution < 1.29 is 0 Å². The van der Waals surface area contributed by atoms with Crippen molar-refractivity contribution in [2.24, 2.45) is 11.8 Å². The average molecular weight is 213 g/mol. The van der Waals surface area contributed by atoms with Crippen molar-refractivity contribution >= 4 is 6.08 Å². The summed E-state index contributed by atoms with van der Waals surface area (Å²) in [5, 5.41) is 3.52. The first kappa shape index (κ1) is 10.1. The minimum atomic E-state index is 0.786. The largest absolute Gasteiger partial charge is 0.316 e. The first-order chi connectivity index (χ1) is 7.83. The van der Waals surface area contributed by atoms with Gasteiger partial charge in [0.05, 0.1) is 0 Å². The summed E-state index contributed by atoms with van der Waals surface area (Å²) < 4.78 is 0. The summed E-state index contributed by atoms with van der Waals surface area (Å²) in [4.78, 5) is 0. The van der Waals surface area contributed by atoms with Gasteiger partial charge in [0.15, 0.2) is 0 Å². The molecule has 1 aliphatic heterocycles. The number of nitrogens with one attached hydrogen (secondary N) is 1. The number of aryl methyl sites for hydroxylation is 1. The van der Waals surface area contributed by atoms with E-state index in [1.807, 2.05) is 0 Å². The van der Waals surface area contributed by atoms with Crippen LogP contribution in [0, 0.1) is 18.8 Å².